The van der Waals surface area contributed by atoms with Crippen molar-refractivity contribution in [2.45, 2.75) is 65.9 Å². The smallest absolute Gasteiger partial charge is 0.191 e. The van der Waals surface area contributed by atoms with Crippen molar-refractivity contribution in [3.8, 4) is 0 Å². The zero-order valence-electron chi connectivity index (χ0n) is 15.9. The summed E-state index contributed by atoms with van der Waals surface area (Å²) in [6.45, 7) is 12.4. The molecule has 0 aromatic rings. The molecule has 1 saturated carbocycles. The Hall–Kier alpha value is -0.0800. The molecule has 0 aromatic heterocycles. The summed E-state index contributed by atoms with van der Waals surface area (Å²) in [5.74, 6) is 1.50. The van der Waals surface area contributed by atoms with Crippen molar-refractivity contribution >= 4 is 29.9 Å². The maximum Gasteiger partial charge on any atom is 0.191 e. The van der Waals surface area contributed by atoms with Gasteiger partial charge in [0.05, 0.1) is 19.3 Å². The fourth-order valence-electron chi connectivity index (χ4n) is 2.83. The summed E-state index contributed by atoms with van der Waals surface area (Å²) < 4.78 is 5.62. The summed E-state index contributed by atoms with van der Waals surface area (Å²) in [4.78, 5) is 4.68. The van der Waals surface area contributed by atoms with Gasteiger partial charge in [0.1, 0.15) is 0 Å². The molecule has 0 spiro atoms. The van der Waals surface area contributed by atoms with Crippen LogP contribution in [-0.2, 0) is 4.74 Å². The van der Waals surface area contributed by atoms with E-state index in [1.807, 2.05) is 0 Å². The van der Waals surface area contributed by atoms with E-state index in [-0.39, 0.29) is 35.5 Å². The number of aliphatic hydroxyl groups is 1. The number of guanidine groups is 1. The Kier molecular flexibility index (Phi) is 13.1. The zero-order chi connectivity index (χ0) is 17.1. The minimum Gasteiger partial charge on any atom is -0.392 e. The Morgan fingerprint density at radius 2 is 2.04 bits per heavy atom. The maximum absolute atomic E-state index is 10.3. The predicted molar refractivity (Wildman–Crippen MR) is 112 cm³/mol. The van der Waals surface area contributed by atoms with Crippen LogP contribution in [0.2, 0.25) is 0 Å². The molecule has 0 saturated heterocycles. The molecule has 0 heterocycles. The minimum absolute atomic E-state index is 0. The van der Waals surface area contributed by atoms with Gasteiger partial charge in [-0.15, -0.1) is 24.0 Å². The Morgan fingerprint density at radius 3 is 2.67 bits per heavy atom. The van der Waals surface area contributed by atoms with Crippen molar-refractivity contribution < 1.29 is 9.84 Å². The van der Waals surface area contributed by atoms with Crippen LogP contribution in [-0.4, -0.2) is 50.0 Å². The van der Waals surface area contributed by atoms with Gasteiger partial charge in [-0.3, -0.25) is 4.99 Å². The van der Waals surface area contributed by atoms with Crippen molar-refractivity contribution in [3.05, 3.63) is 0 Å². The lowest BCUT2D eigenvalue weighted by Gasteiger charge is -2.37. The molecule has 1 aliphatic carbocycles. The van der Waals surface area contributed by atoms with Crippen LogP contribution >= 0.6 is 24.0 Å². The van der Waals surface area contributed by atoms with Gasteiger partial charge in [-0.2, -0.15) is 0 Å². The number of aliphatic imine (C=N–C) groups is 1. The number of hydrogen-bond donors (Lipinski definition) is 3. The normalized spacial score (nSPS) is 24.6. The highest BCUT2D eigenvalue weighted by molar-refractivity contribution is 14.0. The van der Waals surface area contributed by atoms with E-state index in [0.29, 0.717) is 19.1 Å². The van der Waals surface area contributed by atoms with Crippen LogP contribution in [0, 0.1) is 11.3 Å². The van der Waals surface area contributed by atoms with E-state index in [2.05, 4.69) is 43.3 Å². The van der Waals surface area contributed by atoms with E-state index >= 15 is 0 Å². The molecule has 0 radical (unpaired) electrons. The first-order chi connectivity index (χ1) is 11.0. The summed E-state index contributed by atoms with van der Waals surface area (Å²) in [5, 5.41) is 16.8. The van der Waals surface area contributed by atoms with E-state index < -0.39 is 0 Å². The number of hydrogen-bond acceptors (Lipinski definition) is 3. The standard InChI is InChI=1S/C18H37N3O2.HI/c1-5-19-17(20-11-13-23-12-9-15(2)3)21-14-18(4)10-7-6-8-16(18)22;/h15-16,22H,5-14H2,1-4H3,(H2,19,20,21);1H. The van der Waals surface area contributed by atoms with Gasteiger partial charge in [-0.05, 0) is 32.1 Å². The molecule has 0 amide bonds. The zero-order valence-corrected chi connectivity index (χ0v) is 18.3. The third-order valence-corrected chi connectivity index (χ3v) is 4.60. The van der Waals surface area contributed by atoms with E-state index in [1.54, 1.807) is 0 Å². The van der Waals surface area contributed by atoms with E-state index in [1.165, 1.54) is 6.42 Å². The van der Waals surface area contributed by atoms with Gasteiger partial charge in [-0.25, -0.2) is 0 Å². The quantitative estimate of drug-likeness (QED) is 0.216. The van der Waals surface area contributed by atoms with Crippen LogP contribution in [0.3, 0.4) is 0 Å². The first-order valence-electron chi connectivity index (χ1n) is 9.26. The number of ether oxygens (including phenoxy) is 1. The molecule has 5 nitrogen and oxygen atoms in total. The van der Waals surface area contributed by atoms with Crippen LogP contribution in [0.5, 0.6) is 0 Å². The molecule has 1 aliphatic rings. The van der Waals surface area contributed by atoms with Crippen molar-refractivity contribution in [2.24, 2.45) is 16.3 Å². The second-order valence-electron chi connectivity index (χ2n) is 7.33. The van der Waals surface area contributed by atoms with Gasteiger partial charge in [0.15, 0.2) is 5.96 Å². The highest BCUT2D eigenvalue weighted by atomic mass is 127. The number of nitrogens with zero attached hydrogens (tertiary/aromatic N) is 1. The third-order valence-electron chi connectivity index (χ3n) is 4.60. The van der Waals surface area contributed by atoms with Crippen LogP contribution in [0.25, 0.3) is 0 Å². The highest BCUT2D eigenvalue weighted by Crippen LogP contribution is 2.36. The Morgan fingerprint density at radius 1 is 1.29 bits per heavy atom. The lowest BCUT2D eigenvalue weighted by Crippen LogP contribution is -2.42. The summed E-state index contributed by atoms with van der Waals surface area (Å²) in [6.07, 6.45) is 5.14. The summed E-state index contributed by atoms with van der Waals surface area (Å²) in [5.41, 5.74) is -0.0889. The van der Waals surface area contributed by atoms with E-state index in [4.69, 9.17) is 4.74 Å². The fourth-order valence-corrected chi connectivity index (χ4v) is 2.83. The predicted octanol–water partition coefficient (Wildman–Crippen LogP) is 3.16. The number of rotatable bonds is 9. The lowest BCUT2D eigenvalue weighted by molar-refractivity contribution is 0.00715. The second-order valence-corrected chi connectivity index (χ2v) is 7.33. The Labute approximate surface area is 165 Å². The number of halogens is 1. The average molecular weight is 455 g/mol. The fraction of sp³-hybridized carbons (Fsp3) is 0.944. The first kappa shape index (κ1) is 23.9. The van der Waals surface area contributed by atoms with Gasteiger partial charge in [0, 0.05) is 25.1 Å². The van der Waals surface area contributed by atoms with Gasteiger partial charge in [-0.1, -0.05) is 33.6 Å². The molecule has 144 valence electrons. The molecular weight excluding hydrogens is 417 g/mol. The van der Waals surface area contributed by atoms with Crippen molar-refractivity contribution in [2.75, 3.05) is 32.8 Å². The van der Waals surface area contributed by atoms with Crippen LogP contribution in [0.15, 0.2) is 4.99 Å². The van der Waals surface area contributed by atoms with Crippen molar-refractivity contribution in [1.82, 2.24) is 10.6 Å². The molecule has 24 heavy (non-hydrogen) atoms. The number of aliphatic hydroxyl groups excluding tert-OH is 1. The maximum atomic E-state index is 10.3. The molecule has 2 unspecified atom stereocenters. The molecule has 0 aromatic carbocycles. The van der Waals surface area contributed by atoms with Crippen LogP contribution in [0.1, 0.15) is 59.8 Å². The molecule has 6 heteroatoms. The largest absolute Gasteiger partial charge is 0.392 e. The molecule has 0 bridgehead atoms. The molecule has 0 aliphatic heterocycles. The Balaban J connectivity index is 0.00000529. The lowest BCUT2D eigenvalue weighted by atomic mass is 9.73. The summed E-state index contributed by atoms with van der Waals surface area (Å²) in [7, 11) is 0. The molecule has 3 N–H and O–H groups in total. The van der Waals surface area contributed by atoms with E-state index in [0.717, 1.165) is 51.3 Å². The topological polar surface area (TPSA) is 65.9 Å². The monoisotopic (exact) mass is 455 g/mol. The van der Waals surface area contributed by atoms with Crippen LogP contribution in [0.4, 0.5) is 0 Å². The highest BCUT2D eigenvalue weighted by Gasteiger charge is 2.35. The van der Waals surface area contributed by atoms with Crippen LogP contribution < -0.4 is 10.6 Å². The molecule has 2 atom stereocenters. The van der Waals surface area contributed by atoms with Gasteiger partial charge < -0.3 is 20.5 Å². The average Bonchev–Trinajstić information content (AvgIpc) is 2.51. The SMILES string of the molecule is CCNC(=NCC1(C)CCCCC1O)NCCOCCC(C)C.I. The van der Waals surface area contributed by atoms with Gasteiger partial charge >= 0.3 is 0 Å². The second kappa shape index (κ2) is 13.2. The molecule has 1 rings (SSSR count). The molecular formula is C18H38IN3O2. The first-order valence-corrected chi connectivity index (χ1v) is 9.26. The Bertz CT molecular complexity index is 353. The third kappa shape index (κ3) is 9.42. The summed E-state index contributed by atoms with van der Waals surface area (Å²) in [6, 6.07) is 0. The van der Waals surface area contributed by atoms with Gasteiger partial charge in [0.2, 0.25) is 0 Å². The minimum atomic E-state index is -0.234. The van der Waals surface area contributed by atoms with Crippen molar-refractivity contribution in [3.63, 3.8) is 0 Å². The van der Waals surface area contributed by atoms with Crippen molar-refractivity contribution in [1.29, 1.82) is 0 Å². The summed E-state index contributed by atoms with van der Waals surface area (Å²) >= 11 is 0. The molecule has 1 fully saturated rings. The van der Waals surface area contributed by atoms with E-state index in [9.17, 15) is 5.11 Å². The number of nitrogens with one attached hydrogen (secondary N) is 2. The van der Waals surface area contributed by atoms with Gasteiger partial charge in [0.25, 0.3) is 0 Å².